The van der Waals surface area contributed by atoms with E-state index in [9.17, 15) is 4.79 Å². The van der Waals surface area contributed by atoms with Crippen LogP contribution in [0.25, 0.3) is 0 Å². The summed E-state index contributed by atoms with van der Waals surface area (Å²) in [5.74, 6) is 0.679. The van der Waals surface area contributed by atoms with Gasteiger partial charge in [0.15, 0.2) is 11.0 Å². The van der Waals surface area contributed by atoms with E-state index in [0.29, 0.717) is 17.4 Å². The highest BCUT2D eigenvalue weighted by Gasteiger charge is 2.30. The van der Waals surface area contributed by atoms with E-state index in [0.717, 1.165) is 12.0 Å². The fraction of sp³-hybridized carbons (Fsp3) is 0.350. The molecule has 130 valence electrons. The molecular formula is C20H23N3OS. The number of hydrogen-bond acceptors (Lipinski definition) is 4. The summed E-state index contributed by atoms with van der Waals surface area (Å²) in [5, 5.41) is 3.37. The fourth-order valence-corrected chi connectivity index (χ4v) is 3.73. The molecule has 0 spiro atoms. The number of unbranched alkanes of at least 4 members (excludes halogenated alkanes) is 1. The lowest BCUT2D eigenvalue weighted by Gasteiger charge is -2.07. The SMILES string of the molecule is CCCCc1ccc(CC2S/C(=N\c3ncccc3C)NC2=O)cc1. The van der Waals surface area contributed by atoms with E-state index in [-0.39, 0.29) is 11.2 Å². The molecule has 1 aromatic carbocycles. The van der Waals surface area contributed by atoms with Crippen molar-refractivity contribution in [2.45, 2.75) is 44.8 Å². The van der Waals surface area contributed by atoms with Gasteiger partial charge in [0.25, 0.3) is 0 Å². The molecule has 2 aromatic rings. The summed E-state index contributed by atoms with van der Waals surface area (Å²) in [4.78, 5) is 21.0. The van der Waals surface area contributed by atoms with Crippen LogP contribution in [0.4, 0.5) is 5.82 Å². The second-order valence-corrected chi connectivity index (χ2v) is 7.47. The summed E-state index contributed by atoms with van der Waals surface area (Å²) in [5.41, 5.74) is 3.54. The number of amides is 1. The van der Waals surface area contributed by atoms with E-state index in [1.165, 1.54) is 35.7 Å². The highest BCUT2D eigenvalue weighted by Crippen LogP contribution is 2.26. The predicted octanol–water partition coefficient (Wildman–Crippen LogP) is 4.19. The lowest BCUT2D eigenvalue weighted by Crippen LogP contribution is -2.26. The maximum atomic E-state index is 12.2. The van der Waals surface area contributed by atoms with Crippen LogP contribution >= 0.6 is 11.8 Å². The van der Waals surface area contributed by atoms with Gasteiger partial charge >= 0.3 is 0 Å². The van der Waals surface area contributed by atoms with Crippen molar-refractivity contribution in [3.8, 4) is 0 Å². The van der Waals surface area contributed by atoms with Crippen LogP contribution in [0, 0.1) is 6.92 Å². The molecule has 0 radical (unpaired) electrons. The quantitative estimate of drug-likeness (QED) is 0.847. The number of pyridine rings is 1. The van der Waals surface area contributed by atoms with Crippen molar-refractivity contribution in [3.05, 3.63) is 59.3 Å². The zero-order valence-electron chi connectivity index (χ0n) is 14.7. The molecule has 1 aliphatic heterocycles. The maximum absolute atomic E-state index is 12.2. The van der Waals surface area contributed by atoms with Crippen LogP contribution < -0.4 is 5.32 Å². The molecule has 1 atom stereocenters. The second-order valence-electron chi connectivity index (χ2n) is 6.28. The van der Waals surface area contributed by atoms with Gasteiger partial charge in [-0.3, -0.25) is 4.79 Å². The van der Waals surface area contributed by atoms with E-state index < -0.39 is 0 Å². The van der Waals surface area contributed by atoms with Crippen LogP contribution in [0.2, 0.25) is 0 Å². The Morgan fingerprint density at radius 3 is 2.68 bits per heavy atom. The van der Waals surface area contributed by atoms with E-state index in [1.54, 1.807) is 6.20 Å². The molecule has 3 rings (SSSR count). The highest BCUT2D eigenvalue weighted by molar-refractivity contribution is 8.15. The van der Waals surface area contributed by atoms with Crippen molar-refractivity contribution in [2.75, 3.05) is 0 Å². The Kier molecular flexibility index (Phi) is 5.87. The van der Waals surface area contributed by atoms with Gasteiger partial charge in [-0.05, 0) is 48.9 Å². The van der Waals surface area contributed by atoms with Gasteiger partial charge in [0, 0.05) is 6.20 Å². The second kappa shape index (κ2) is 8.30. The summed E-state index contributed by atoms with van der Waals surface area (Å²) in [6.45, 7) is 4.17. The van der Waals surface area contributed by atoms with E-state index >= 15 is 0 Å². The van der Waals surface area contributed by atoms with Crippen LogP contribution in [-0.2, 0) is 17.6 Å². The minimum atomic E-state index is -0.135. The molecule has 0 saturated carbocycles. The Morgan fingerprint density at radius 2 is 1.96 bits per heavy atom. The molecule has 1 amide bonds. The zero-order chi connectivity index (χ0) is 17.6. The molecule has 25 heavy (non-hydrogen) atoms. The van der Waals surface area contributed by atoms with E-state index in [1.807, 2.05) is 19.1 Å². The van der Waals surface area contributed by atoms with Crippen molar-refractivity contribution >= 4 is 28.7 Å². The number of carbonyl (C=O) groups is 1. The number of rotatable bonds is 6. The summed E-state index contributed by atoms with van der Waals surface area (Å²) < 4.78 is 0. The Balaban J connectivity index is 1.64. The van der Waals surface area contributed by atoms with Crippen molar-refractivity contribution < 1.29 is 4.79 Å². The average molecular weight is 353 g/mol. The molecule has 0 bridgehead atoms. The number of carbonyl (C=O) groups excluding carboxylic acids is 1. The lowest BCUT2D eigenvalue weighted by atomic mass is 10.0. The van der Waals surface area contributed by atoms with Gasteiger partial charge in [-0.2, -0.15) is 0 Å². The van der Waals surface area contributed by atoms with Gasteiger partial charge in [-0.25, -0.2) is 9.98 Å². The van der Waals surface area contributed by atoms with Gasteiger partial charge in [-0.15, -0.1) is 0 Å². The number of benzene rings is 1. The highest BCUT2D eigenvalue weighted by atomic mass is 32.2. The Hall–Kier alpha value is -2.14. The molecule has 1 N–H and O–H groups in total. The van der Waals surface area contributed by atoms with Gasteiger partial charge in [0.05, 0.1) is 5.25 Å². The van der Waals surface area contributed by atoms with Crippen LogP contribution in [0.1, 0.15) is 36.5 Å². The molecule has 1 aromatic heterocycles. The number of aromatic nitrogens is 1. The van der Waals surface area contributed by atoms with Crippen LogP contribution in [-0.4, -0.2) is 21.3 Å². The van der Waals surface area contributed by atoms with Gasteiger partial charge < -0.3 is 5.32 Å². The number of nitrogens with zero attached hydrogens (tertiary/aromatic N) is 2. The van der Waals surface area contributed by atoms with Gasteiger partial charge in [-0.1, -0.05) is 55.4 Å². The molecule has 1 saturated heterocycles. The first-order chi connectivity index (χ1) is 12.2. The van der Waals surface area contributed by atoms with Crippen molar-refractivity contribution in [1.82, 2.24) is 10.3 Å². The molecule has 2 heterocycles. The third kappa shape index (κ3) is 4.69. The Morgan fingerprint density at radius 1 is 1.20 bits per heavy atom. The third-order valence-corrected chi connectivity index (χ3v) is 5.31. The van der Waals surface area contributed by atoms with Crippen LogP contribution in [0.15, 0.2) is 47.6 Å². The summed E-state index contributed by atoms with van der Waals surface area (Å²) >= 11 is 1.48. The number of hydrogen-bond donors (Lipinski definition) is 1. The first-order valence-electron chi connectivity index (χ1n) is 8.71. The van der Waals surface area contributed by atoms with Crippen LogP contribution in [0.3, 0.4) is 0 Å². The van der Waals surface area contributed by atoms with Gasteiger partial charge in [0.2, 0.25) is 5.91 Å². The maximum Gasteiger partial charge on any atom is 0.239 e. The first kappa shape index (κ1) is 17.7. The van der Waals surface area contributed by atoms with E-state index in [2.05, 4.69) is 46.5 Å². The molecule has 1 fully saturated rings. The minimum Gasteiger partial charge on any atom is -0.304 e. The normalized spacial score (nSPS) is 18.6. The fourth-order valence-electron chi connectivity index (χ4n) is 2.72. The molecule has 1 unspecified atom stereocenters. The number of amidine groups is 1. The van der Waals surface area contributed by atoms with Crippen LogP contribution in [0.5, 0.6) is 0 Å². The van der Waals surface area contributed by atoms with Crippen molar-refractivity contribution in [3.63, 3.8) is 0 Å². The predicted molar refractivity (Wildman–Crippen MR) is 104 cm³/mol. The lowest BCUT2D eigenvalue weighted by molar-refractivity contribution is -0.118. The van der Waals surface area contributed by atoms with Crippen molar-refractivity contribution in [2.24, 2.45) is 4.99 Å². The first-order valence-corrected chi connectivity index (χ1v) is 9.59. The zero-order valence-corrected chi connectivity index (χ0v) is 15.5. The molecule has 0 aliphatic carbocycles. The Labute approximate surface area is 153 Å². The molecule has 5 heteroatoms. The van der Waals surface area contributed by atoms with Crippen molar-refractivity contribution in [1.29, 1.82) is 0 Å². The number of thioether (sulfide) groups is 1. The monoisotopic (exact) mass is 353 g/mol. The Bertz CT molecular complexity index is 771. The standard InChI is InChI=1S/C20H23N3OS/c1-3-4-7-15-8-10-16(11-9-15)13-17-19(24)23-20(25-17)22-18-14(2)6-5-12-21-18/h5-6,8-12,17H,3-4,7,13H2,1-2H3,(H,21,22,23,24). The number of nitrogens with one attached hydrogen (secondary N) is 1. The smallest absolute Gasteiger partial charge is 0.239 e. The molecule has 1 aliphatic rings. The molecular weight excluding hydrogens is 330 g/mol. The van der Waals surface area contributed by atoms with Gasteiger partial charge in [0.1, 0.15) is 0 Å². The topological polar surface area (TPSA) is 54.4 Å². The van der Waals surface area contributed by atoms with E-state index in [4.69, 9.17) is 0 Å². The summed E-state index contributed by atoms with van der Waals surface area (Å²) in [6, 6.07) is 12.5. The number of aryl methyl sites for hydroxylation is 2. The molecule has 4 nitrogen and oxygen atoms in total. The number of aliphatic imine (C=N–C) groups is 1. The minimum absolute atomic E-state index is 0.0207. The summed E-state index contributed by atoms with van der Waals surface area (Å²) in [7, 11) is 0. The largest absolute Gasteiger partial charge is 0.304 e. The summed E-state index contributed by atoms with van der Waals surface area (Å²) in [6.07, 6.45) is 5.97. The average Bonchev–Trinajstić information content (AvgIpc) is 2.95. The third-order valence-electron chi connectivity index (χ3n) is 4.23.